The van der Waals surface area contributed by atoms with Gasteiger partial charge in [0.05, 0.1) is 23.0 Å². The van der Waals surface area contributed by atoms with E-state index >= 15 is 0 Å². The molecule has 0 saturated carbocycles. The van der Waals surface area contributed by atoms with Crippen molar-refractivity contribution in [2.45, 2.75) is 6.54 Å². The van der Waals surface area contributed by atoms with Gasteiger partial charge < -0.3 is 9.47 Å². The zero-order valence-electron chi connectivity index (χ0n) is 18.3. The number of hydrogen-bond acceptors (Lipinski definition) is 3. The van der Waals surface area contributed by atoms with Crippen molar-refractivity contribution in [3.8, 4) is 11.3 Å². The van der Waals surface area contributed by atoms with Crippen molar-refractivity contribution < 1.29 is 14.0 Å². The van der Waals surface area contributed by atoms with E-state index in [1.165, 1.54) is 12.1 Å². The van der Waals surface area contributed by atoms with Crippen LogP contribution in [-0.2, 0) is 13.6 Å². The smallest absolute Gasteiger partial charge is 0.258 e. The van der Waals surface area contributed by atoms with Gasteiger partial charge in [0.15, 0.2) is 0 Å². The molecule has 0 atom stereocenters. The van der Waals surface area contributed by atoms with Gasteiger partial charge in [-0.25, -0.2) is 9.37 Å². The molecule has 4 rings (SSSR count). The van der Waals surface area contributed by atoms with Crippen LogP contribution in [0.4, 0.5) is 10.3 Å². The van der Waals surface area contributed by atoms with Crippen LogP contribution in [-0.4, -0.2) is 33.3 Å². The molecule has 1 aromatic heterocycles. The normalized spacial score (nSPS) is 10.6. The highest BCUT2D eigenvalue weighted by Crippen LogP contribution is 2.23. The molecule has 33 heavy (non-hydrogen) atoms. The Hall–Kier alpha value is -4.26. The molecule has 6 nitrogen and oxygen atoms in total. The second-order valence-electron chi connectivity index (χ2n) is 7.68. The molecule has 0 aliphatic rings. The van der Waals surface area contributed by atoms with Crippen molar-refractivity contribution in [3.63, 3.8) is 0 Å². The van der Waals surface area contributed by atoms with Gasteiger partial charge in [-0.15, -0.1) is 0 Å². The first kappa shape index (κ1) is 22.0. The molecule has 7 heteroatoms. The zero-order chi connectivity index (χ0) is 23.4. The van der Waals surface area contributed by atoms with Crippen molar-refractivity contribution in [1.29, 1.82) is 0 Å². The van der Waals surface area contributed by atoms with Crippen molar-refractivity contribution in [2.24, 2.45) is 7.05 Å². The summed E-state index contributed by atoms with van der Waals surface area (Å²) in [6.07, 6.45) is 1.60. The number of carbonyl (C=O) groups excluding carboxylic acids is 2. The fourth-order valence-electron chi connectivity index (χ4n) is 3.59. The molecule has 4 aromatic rings. The highest BCUT2D eigenvalue weighted by atomic mass is 19.1. The van der Waals surface area contributed by atoms with Crippen LogP contribution in [0.5, 0.6) is 0 Å². The summed E-state index contributed by atoms with van der Waals surface area (Å²) in [6.45, 7) is 0.427. The number of nitrogens with zero attached hydrogens (tertiary/aromatic N) is 3. The number of nitrogens with one attached hydrogen (secondary N) is 1. The van der Waals surface area contributed by atoms with Crippen LogP contribution in [0.25, 0.3) is 11.3 Å². The number of imidazole rings is 1. The van der Waals surface area contributed by atoms with E-state index in [1.54, 1.807) is 66.2 Å². The third-order valence-electron chi connectivity index (χ3n) is 5.36. The molecule has 0 fully saturated rings. The lowest BCUT2D eigenvalue weighted by Crippen LogP contribution is -2.29. The molecular weight excluding hydrogens is 419 g/mol. The van der Waals surface area contributed by atoms with E-state index in [9.17, 15) is 14.0 Å². The Bertz CT molecular complexity index is 1280. The molecular formula is C26H23FN4O2. The van der Waals surface area contributed by atoms with Gasteiger partial charge in [-0.1, -0.05) is 42.5 Å². The van der Waals surface area contributed by atoms with E-state index in [-0.39, 0.29) is 17.3 Å². The lowest BCUT2D eigenvalue weighted by molar-refractivity contribution is 0.0780. The molecule has 166 valence electrons. The molecule has 3 aromatic carbocycles. The summed E-state index contributed by atoms with van der Waals surface area (Å²) >= 11 is 0. The van der Waals surface area contributed by atoms with Gasteiger partial charge in [0.25, 0.3) is 11.8 Å². The molecule has 1 heterocycles. The van der Waals surface area contributed by atoms with Gasteiger partial charge in [-0.05, 0) is 42.0 Å². The van der Waals surface area contributed by atoms with Crippen LogP contribution in [0.1, 0.15) is 26.3 Å². The number of amides is 2. The quantitative estimate of drug-likeness (QED) is 0.469. The lowest BCUT2D eigenvalue weighted by Gasteiger charge is -2.19. The van der Waals surface area contributed by atoms with Crippen LogP contribution in [0, 0.1) is 5.82 Å². The average molecular weight is 442 g/mol. The number of aromatic nitrogens is 2. The highest BCUT2D eigenvalue weighted by Gasteiger charge is 2.21. The van der Waals surface area contributed by atoms with Crippen LogP contribution in [0.2, 0.25) is 0 Å². The Morgan fingerprint density at radius 2 is 1.58 bits per heavy atom. The van der Waals surface area contributed by atoms with Gasteiger partial charge >= 0.3 is 0 Å². The Morgan fingerprint density at radius 1 is 0.939 bits per heavy atom. The van der Waals surface area contributed by atoms with E-state index in [0.29, 0.717) is 18.1 Å². The summed E-state index contributed by atoms with van der Waals surface area (Å²) in [7, 11) is 3.46. The SMILES string of the molecule is CN(Cc1ccccc1)C(=O)c1ccccc1C(=O)Nc1ncc(-c2ccc(F)cc2)n1C. The Morgan fingerprint density at radius 3 is 2.27 bits per heavy atom. The summed E-state index contributed by atoms with van der Waals surface area (Å²) in [5.41, 5.74) is 3.05. The van der Waals surface area contributed by atoms with E-state index in [1.807, 2.05) is 30.3 Å². The predicted molar refractivity (Wildman–Crippen MR) is 125 cm³/mol. The van der Waals surface area contributed by atoms with E-state index in [4.69, 9.17) is 0 Å². The molecule has 2 amide bonds. The largest absolute Gasteiger partial charge is 0.337 e. The zero-order valence-corrected chi connectivity index (χ0v) is 18.3. The van der Waals surface area contributed by atoms with E-state index in [0.717, 1.165) is 16.8 Å². The average Bonchev–Trinajstić information content (AvgIpc) is 3.19. The second-order valence-corrected chi connectivity index (χ2v) is 7.68. The van der Waals surface area contributed by atoms with Crippen LogP contribution in [0.3, 0.4) is 0 Å². The van der Waals surface area contributed by atoms with Gasteiger partial charge in [-0.3, -0.25) is 14.9 Å². The fraction of sp³-hybridized carbons (Fsp3) is 0.115. The minimum Gasteiger partial charge on any atom is -0.337 e. The maximum atomic E-state index is 13.2. The van der Waals surface area contributed by atoms with Gasteiger partial charge in [0, 0.05) is 26.2 Å². The van der Waals surface area contributed by atoms with Crippen LogP contribution >= 0.6 is 0 Å². The third kappa shape index (κ3) is 4.82. The van der Waals surface area contributed by atoms with E-state index in [2.05, 4.69) is 10.3 Å². The number of carbonyl (C=O) groups is 2. The topological polar surface area (TPSA) is 67.2 Å². The summed E-state index contributed by atoms with van der Waals surface area (Å²) in [4.78, 5) is 32.0. The molecule has 0 radical (unpaired) electrons. The minimum absolute atomic E-state index is 0.253. The van der Waals surface area contributed by atoms with Crippen molar-refractivity contribution in [3.05, 3.63) is 108 Å². The maximum absolute atomic E-state index is 13.2. The van der Waals surface area contributed by atoms with Gasteiger partial charge in [0.2, 0.25) is 5.95 Å². The summed E-state index contributed by atoms with van der Waals surface area (Å²) in [5.74, 6) is -0.699. The molecule has 0 aliphatic heterocycles. The molecule has 1 N–H and O–H groups in total. The number of anilines is 1. The summed E-state index contributed by atoms with van der Waals surface area (Å²) in [6, 6.07) is 22.4. The second kappa shape index (κ2) is 9.48. The lowest BCUT2D eigenvalue weighted by atomic mass is 10.1. The summed E-state index contributed by atoms with van der Waals surface area (Å²) < 4.78 is 14.9. The van der Waals surface area contributed by atoms with Crippen molar-refractivity contribution in [1.82, 2.24) is 14.5 Å². The Labute approximate surface area is 191 Å². The van der Waals surface area contributed by atoms with Crippen LogP contribution in [0.15, 0.2) is 85.1 Å². The number of rotatable bonds is 6. The van der Waals surface area contributed by atoms with Crippen molar-refractivity contribution >= 4 is 17.8 Å². The molecule has 0 aliphatic carbocycles. The molecule has 0 unspecified atom stereocenters. The third-order valence-corrected chi connectivity index (χ3v) is 5.36. The first-order valence-electron chi connectivity index (χ1n) is 10.4. The predicted octanol–water partition coefficient (Wildman–Crippen LogP) is 4.75. The maximum Gasteiger partial charge on any atom is 0.258 e. The first-order chi connectivity index (χ1) is 15.9. The highest BCUT2D eigenvalue weighted by molar-refractivity contribution is 6.11. The number of benzene rings is 3. The summed E-state index contributed by atoms with van der Waals surface area (Å²) in [5, 5.41) is 2.78. The Kier molecular flexibility index (Phi) is 6.31. The minimum atomic E-state index is -0.439. The molecule has 0 saturated heterocycles. The monoisotopic (exact) mass is 442 g/mol. The molecule has 0 spiro atoms. The molecule has 0 bridgehead atoms. The standard InChI is InChI=1S/C26H23FN4O2/c1-30(17-18-8-4-3-5-9-18)25(33)22-11-7-6-10-21(22)24(32)29-26-28-16-23(31(26)2)19-12-14-20(27)15-13-19/h3-16H,17H2,1-2H3,(H,28,29,32). The number of halogens is 1. The van der Waals surface area contributed by atoms with Gasteiger partial charge in [-0.2, -0.15) is 0 Å². The van der Waals surface area contributed by atoms with Gasteiger partial charge in [0.1, 0.15) is 5.82 Å². The Balaban J connectivity index is 1.54. The van der Waals surface area contributed by atoms with Crippen molar-refractivity contribution in [2.75, 3.05) is 12.4 Å². The fourth-order valence-corrected chi connectivity index (χ4v) is 3.59. The van der Waals surface area contributed by atoms with Crippen LogP contribution < -0.4 is 5.32 Å². The van der Waals surface area contributed by atoms with E-state index < -0.39 is 5.91 Å². The first-order valence-corrected chi connectivity index (χ1v) is 10.4. The number of hydrogen-bond donors (Lipinski definition) is 1.